The molecule has 0 aliphatic rings. The molecule has 0 atom stereocenters. The lowest BCUT2D eigenvalue weighted by molar-refractivity contribution is 0.0957. The zero-order valence-corrected chi connectivity index (χ0v) is 14.4. The molecule has 2 N–H and O–H groups in total. The summed E-state index contributed by atoms with van der Waals surface area (Å²) in [6.07, 6.45) is 0.657. The second-order valence-corrected chi connectivity index (χ2v) is 6.58. The van der Waals surface area contributed by atoms with Crippen molar-refractivity contribution in [2.45, 2.75) is 13.3 Å². The number of nitrogens with one attached hydrogen (secondary N) is 1. The molecule has 0 unspecified atom stereocenters. The van der Waals surface area contributed by atoms with Crippen LogP contribution in [0, 0.1) is 12.7 Å². The van der Waals surface area contributed by atoms with Crippen LogP contribution in [0.5, 0.6) is 5.75 Å². The van der Waals surface area contributed by atoms with Crippen LogP contribution in [0.3, 0.4) is 0 Å². The molecule has 1 heterocycles. The molecule has 0 aliphatic carbocycles. The average molecular weight is 356 g/mol. The smallest absolute Gasteiger partial charge is 0.263 e. The zero-order chi connectivity index (χ0) is 17.8. The number of aromatic hydroxyl groups is 1. The predicted octanol–water partition coefficient (Wildman–Crippen LogP) is 3.94. The first kappa shape index (κ1) is 17.1. The lowest BCUT2D eigenvalue weighted by atomic mass is 10.1. The molecule has 4 nitrogen and oxygen atoms in total. The van der Waals surface area contributed by atoms with Crippen LogP contribution >= 0.6 is 11.3 Å². The van der Waals surface area contributed by atoms with E-state index in [2.05, 4.69) is 10.3 Å². The fraction of sp³-hybridized carbons (Fsp3) is 0.158. The third-order valence-corrected chi connectivity index (χ3v) is 4.93. The van der Waals surface area contributed by atoms with Gasteiger partial charge >= 0.3 is 0 Å². The fourth-order valence-corrected chi connectivity index (χ4v) is 3.43. The highest BCUT2D eigenvalue weighted by Crippen LogP contribution is 2.29. The number of carbonyl (C=O) groups is 1. The number of phenolic OH excluding ortho intramolecular Hbond substituents is 1. The normalized spacial score (nSPS) is 10.6. The summed E-state index contributed by atoms with van der Waals surface area (Å²) >= 11 is 1.19. The monoisotopic (exact) mass is 356 g/mol. The lowest BCUT2D eigenvalue weighted by Gasteiger charge is -2.04. The molecule has 25 heavy (non-hydrogen) atoms. The van der Waals surface area contributed by atoms with Gasteiger partial charge in [0, 0.05) is 12.1 Å². The van der Waals surface area contributed by atoms with Gasteiger partial charge in [0.2, 0.25) is 0 Å². The number of nitrogens with zero attached hydrogens (tertiary/aromatic N) is 1. The Bertz CT molecular complexity index is 891. The number of thiazole rings is 1. The SMILES string of the molecule is Cc1nc(-c2ccccc2F)sc1C(=O)NCCc1ccc(O)cc1. The molecule has 1 amide bonds. The van der Waals surface area contributed by atoms with Crippen molar-refractivity contribution in [3.63, 3.8) is 0 Å². The second kappa shape index (κ2) is 7.44. The highest BCUT2D eigenvalue weighted by Gasteiger charge is 2.17. The van der Waals surface area contributed by atoms with Gasteiger partial charge in [-0.3, -0.25) is 4.79 Å². The average Bonchev–Trinajstić information content (AvgIpc) is 2.98. The van der Waals surface area contributed by atoms with Gasteiger partial charge in [-0.2, -0.15) is 0 Å². The number of benzene rings is 2. The van der Waals surface area contributed by atoms with Crippen LogP contribution in [0.15, 0.2) is 48.5 Å². The van der Waals surface area contributed by atoms with Gasteiger partial charge in [-0.25, -0.2) is 9.37 Å². The van der Waals surface area contributed by atoms with E-state index in [0.717, 1.165) is 5.56 Å². The van der Waals surface area contributed by atoms with Crippen molar-refractivity contribution in [2.75, 3.05) is 6.54 Å². The van der Waals surface area contributed by atoms with Gasteiger partial charge in [0.15, 0.2) is 0 Å². The molecule has 0 radical (unpaired) electrons. The van der Waals surface area contributed by atoms with Gasteiger partial charge in [0.1, 0.15) is 21.5 Å². The number of phenols is 1. The van der Waals surface area contributed by atoms with E-state index in [1.165, 1.54) is 17.4 Å². The van der Waals surface area contributed by atoms with Crippen LogP contribution in [0.4, 0.5) is 4.39 Å². The van der Waals surface area contributed by atoms with E-state index in [9.17, 15) is 14.3 Å². The summed E-state index contributed by atoms with van der Waals surface area (Å²) in [5.41, 5.74) is 2.01. The number of hydrogen-bond acceptors (Lipinski definition) is 4. The number of carbonyl (C=O) groups excluding carboxylic acids is 1. The van der Waals surface area contributed by atoms with E-state index < -0.39 is 0 Å². The quantitative estimate of drug-likeness (QED) is 0.728. The summed E-state index contributed by atoms with van der Waals surface area (Å²) in [6, 6.07) is 13.3. The summed E-state index contributed by atoms with van der Waals surface area (Å²) in [6.45, 7) is 2.21. The highest BCUT2D eigenvalue weighted by molar-refractivity contribution is 7.17. The van der Waals surface area contributed by atoms with Gasteiger partial charge in [0.05, 0.1) is 5.69 Å². The molecule has 128 valence electrons. The Balaban J connectivity index is 1.66. The molecule has 3 rings (SSSR count). The summed E-state index contributed by atoms with van der Waals surface area (Å²) in [7, 11) is 0. The van der Waals surface area contributed by atoms with Crippen LogP contribution in [-0.2, 0) is 6.42 Å². The number of aromatic nitrogens is 1. The Morgan fingerprint density at radius 2 is 1.92 bits per heavy atom. The topological polar surface area (TPSA) is 62.2 Å². The van der Waals surface area contributed by atoms with E-state index in [0.29, 0.717) is 34.1 Å². The molecule has 3 aromatic rings. The number of halogens is 1. The second-order valence-electron chi connectivity index (χ2n) is 5.59. The minimum absolute atomic E-state index is 0.212. The van der Waals surface area contributed by atoms with Crippen LogP contribution in [0.1, 0.15) is 20.9 Å². The standard InChI is InChI=1S/C19H17FN2O2S/c1-12-17(25-19(22-12)15-4-2-3-5-16(15)20)18(24)21-11-10-13-6-8-14(23)9-7-13/h2-9,23H,10-11H2,1H3,(H,21,24). The Labute approximate surface area is 149 Å². The van der Waals surface area contributed by atoms with Crippen molar-refractivity contribution in [3.8, 4) is 16.3 Å². The Kier molecular flexibility index (Phi) is 5.09. The predicted molar refractivity (Wildman–Crippen MR) is 96.4 cm³/mol. The van der Waals surface area contributed by atoms with E-state index in [-0.39, 0.29) is 17.5 Å². The number of amides is 1. The first-order chi connectivity index (χ1) is 12.0. The van der Waals surface area contributed by atoms with Crippen LogP contribution in [0.25, 0.3) is 10.6 Å². The van der Waals surface area contributed by atoms with Crippen molar-refractivity contribution in [1.82, 2.24) is 10.3 Å². The fourth-order valence-electron chi connectivity index (χ4n) is 2.42. The number of rotatable bonds is 5. The molecule has 0 saturated carbocycles. The van der Waals surface area contributed by atoms with E-state index in [1.54, 1.807) is 37.3 Å². The maximum atomic E-state index is 13.9. The number of aryl methyl sites for hydroxylation is 1. The van der Waals surface area contributed by atoms with E-state index in [4.69, 9.17) is 0 Å². The van der Waals surface area contributed by atoms with Gasteiger partial charge in [-0.05, 0) is 43.2 Å². The van der Waals surface area contributed by atoms with Crippen LogP contribution < -0.4 is 5.32 Å². The third kappa shape index (κ3) is 4.03. The first-order valence-electron chi connectivity index (χ1n) is 7.83. The highest BCUT2D eigenvalue weighted by atomic mass is 32.1. The largest absolute Gasteiger partial charge is 0.508 e. The zero-order valence-electron chi connectivity index (χ0n) is 13.6. The molecule has 0 saturated heterocycles. The maximum Gasteiger partial charge on any atom is 0.263 e. The van der Waals surface area contributed by atoms with Crippen LogP contribution in [0.2, 0.25) is 0 Å². The minimum Gasteiger partial charge on any atom is -0.508 e. The van der Waals surface area contributed by atoms with E-state index >= 15 is 0 Å². The Hall–Kier alpha value is -2.73. The maximum absolute atomic E-state index is 13.9. The molecule has 0 spiro atoms. The summed E-state index contributed by atoms with van der Waals surface area (Å²) < 4.78 is 13.9. The third-order valence-electron chi connectivity index (χ3n) is 3.74. The van der Waals surface area contributed by atoms with Crippen LogP contribution in [-0.4, -0.2) is 22.5 Å². The van der Waals surface area contributed by atoms with Crippen molar-refractivity contribution < 1.29 is 14.3 Å². The summed E-state index contributed by atoms with van der Waals surface area (Å²) in [5, 5.41) is 12.6. The van der Waals surface area contributed by atoms with Crippen molar-refractivity contribution >= 4 is 17.2 Å². The molecule has 2 aromatic carbocycles. The minimum atomic E-state index is -0.351. The summed E-state index contributed by atoms with van der Waals surface area (Å²) in [5.74, 6) is -0.347. The van der Waals surface area contributed by atoms with Crippen molar-refractivity contribution in [1.29, 1.82) is 0 Å². The molecular weight excluding hydrogens is 339 g/mol. The van der Waals surface area contributed by atoms with Gasteiger partial charge in [-0.15, -0.1) is 11.3 Å². The first-order valence-corrected chi connectivity index (χ1v) is 8.64. The van der Waals surface area contributed by atoms with Gasteiger partial charge in [-0.1, -0.05) is 24.3 Å². The molecule has 0 aliphatic heterocycles. The molecule has 1 aromatic heterocycles. The Morgan fingerprint density at radius 1 is 1.20 bits per heavy atom. The number of hydrogen-bond donors (Lipinski definition) is 2. The van der Waals surface area contributed by atoms with Gasteiger partial charge < -0.3 is 10.4 Å². The Morgan fingerprint density at radius 3 is 2.64 bits per heavy atom. The lowest BCUT2D eigenvalue weighted by Crippen LogP contribution is -2.25. The molecule has 0 fully saturated rings. The molecule has 0 bridgehead atoms. The van der Waals surface area contributed by atoms with E-state index in [1.807, 2.05) is 12.1 Å². The van der Waals surface area contributed by atoms with Crippen molar-refractivity contribution in [2.24, 2.45) is 0 Å². The molecule has 6 heteroatoms. The summed E-state index contributed by atoms with van der Waals surface area (Å²) in [4.78, 5) is 17.2. The van der Waals surface area contributed by atoms with Gasteiger partial charge in [0.25, 0.3) is 5.91 Å². The molecular formula is C19H17FN2O2S. The van der Waals surface area contributed by atoms with Crippen molar-refractivity contribution in [3.05, 3.63) is 70.5 Å².